The van der Waals surface area contributed by atoms with Crippen molar-refractivity contribution in [3.63, 3.8) is 0 Å². The first-order chi connectivity index (χ1) is 12.3. The predicted molar refractivity (Wildman–Crippen MR) is 101 cm³/mol. The maximum absolute atomic E-state index is 5.89. The average molecular weight is 334 g/mol. The highest BCUT2D eigenvalue weighted by Crippen LogP contribution is 2.24. The number of methoxy groups -OCH3 is 1. The molecule has 0 unspecified atom stereocenters. The summed E-state index contributed by atoms with van der Waals surface area (Å²) >= 11 is 0. The molecule has 0 amide bonds. The maximum Gasteiger partial charge on any atom is 0.123 e. The molecule has 3 aromatic carbocycles. The lowest BCUT2D eigenvalue weighted by Crippen LogP contribution is -2.21. The van der Waals surface area contributed by atoms with Crippen molar-refractivity contribution in [3.8, 4) is 11.5 Å². The number of rotatable bonds is 8. The van der Waals surface area contributed by atoms with Gasteiger partial charge in [-0.05, 0) is 35.9 Å². The van der Waals surface area contributed by atoms with Crippen molar-refractivity contribution in [2.45, 2.75) is 13.2 Å². The average Bonchev–Trinajstić information content (AvgIpc) is 2.68. The number of hydrazine groups is 1. The van der Waals surface area contributed by atoms with Crippen molar-refractivity contribution in [2.75, 3.05) is 12.5 Å². The molecule has 4 nitrogen and oxygen atoms in total. The van der Waals surface area contributed by atoms with Crippen LogP contribution in [-0.4, -0.2) is 7.11 Å². The Morgan fingerprint density at radius 2 is 1.56 bits per heavy atom. The van der Waals surface area contributed by atoms with Crippen molar-refractivity contribution >= 4 is 5.69 Å². The maximum atomic E-state index is 5.89. The summed E-state index contributed by atoms with van der Waals surface area (Å²) in [4.78, 5) is 0. The largest absolute Gasteiger partial charge is 0.496 e. The topological polar surface area (TPSA) is 42.5 Å². The van der Waals surface area contributed by atoms with Crippen LogP contribution in [0.2, 0.25) is 0 Å². The van der Waals surface area contributed by atoms with E-state index in [0.29, 0.717) is 13.2 Å². The van der Waals surface area contributed by atoms with Crippen molar-refractivity contribution in [2.24, 2.45) is 0 Å². The molecule has 0 fully saturated rings. The van der Waals surface area contributed by atoms with Gasteiger partial charge in [0.1, 0.15) is 18.1 Å². The third-order valence-corrected chi connectivity index (χ3v) is 3.79. The first-order valence-corrected chi connectivity index (χ1v) is 8.23. The summed E-state index contributed by atoms with van der Waals surface area (Å²) in [6.45, 7) is 1.16. The van der Waals surface area contributed by atoms with Crippen LogP contribution in [0, 0.1) is 0 Å². The molecule has 0 spiro atoms. The number of ether oxygens (including phenoxy) is 2. The van der Waals surface area contributed by atoms with E-state index < -0.39 is 0 Å². The number of benzene rings is 3. The summed E-state index contributed by atoms with van der Waals surface area (Å²) in [6.07, 6.45) is 0. The van der Waals surface area contributed by atoms with Gasteiger partial charge in [0.05, 0.1) is 7.11 Å². The van der Waals surface area contributed by atoms with E-state index in [1.807, 2.05) is 66.7 Å². The lowest BCUT2D eigenvalue weighted by Gasteiger charge is -2.14. The second kappa shape index (κ2) is 8.76. The molecule has 128 valence electrons. The Hall–Kier alpha value is -2.98. The van der Waals surface area contributed by atoms with Gasteiger partial charge in [0.2, 0.25) is 0 Å². The predicted octanol–water partition coefficient (Wildman–Crippen LogP) is 4.39. The zero-order valence-corrected chi connectivity index (χ0v) is 14.2. The third kappa shape index (κ3) is 4.99. The van der Waals surface area contributed by atoms with Gasteiger partial charge in [0.15, 0.2) is 0 Å². The molecule has 0 aliphatic carbocycles. The molecule has 0 aliphatic rings. The van der Waals surface area contributed by atoms with Crippen LogP contribution in [0.5, 0.6) is 11.5 Å². The number of hydrogen-bond donors (Lipinski definition) is 2. The minimum atomic E-state index is 0.544. The van der Waals surface area contributed by atoms with Gasteiger partial charge < -0.3 is 14.9 Å². The van der Waals surface area contributed by atoms with Crippen LogP contribution < -0.4 is 20.3 Å². The fourth-order valence-electron chi connectivity index (χ4n) is 2.49. The Labute approximate surface area is 148 Å². The Balaban J connectivity index is 1.61. The first kappa shape index (κ1) is 16.9. The van der Waals surface area contributed by atoms with Gasteiger partial charge in [-0.1, -0.05) is 48.5 Å². The van der Waals surface area contributed by atoms with E-state index >= 15 is 0 Å². The summed E-state index contributed by atoms with van der Waals surface area (Å²) in [7, 11) is 1.67. The summed E-state index contributed by atoms with van der Waals surface area (Å²) in [5.41, 5.74) is 9.56. The van der Waals surface area contributed by atoms with E-state index in [1.165, 1.54) is 0 Å². The highest BCUT2D eigenvalue weighted by molar-refractivity contribution is 5.43. The van der Waals surface area contributed by atoms with Gasteiger partial charge in [-0.3, -0.25) is 0 Å². The molecule has 0 aliphatic heterocycles. The molecule has 3 aromatic rings. The van der Waals surface area contributed by atoms with Gasteiger partial charge in [0, 0.05) is 17.8 Å². The second-order valence-electron chi connectivity index (χ2n) is 5.59. The van der Waals surface area contributed by atoms with Crippen molar-refractivity contribution < 1.29 is 9.47 Å². The summed E-state index contributed by atoms with van der Waals surface area (Å²) in [5.74, 6) is 1.65. The molecule has 0 aromatic heterocycles. The molecule has 0 bridgehead atoms. The van der Waals surface area contributed by atoms with Gasteiger partial charge in [0.25, 0.3) is 0 Å². The van der Waals surface area contributed by atoms with Gasteiger partial charge in [-0.15, -0.1) is 0 Å². The quantitative estimate of drug-likeness (QED) is 0.600. The fourth-order valence-corrected chi connectivity index (χ4v) is 2.49. The van der Waals surface area contributed by atoms with Crippen molar-refractivity contribution in [1.82, 2.24) is 5.43 Å². The molecular weight excluding hydrogens is 312 g/mol. The molecule has 0 radical (unpaired) electrons. The number of anilines is 1. The fraction of sp³-hybridized carbons (Fsp3) is 0.143. The van der Waals surface area contributed by atoms with Crippen LogP contribution in [0.15, 0.2) is 78.9 Å². The standard InChI is InChI=1S/C21H22N2O2/c1-24-21-13-12-20(25-16-17-8-4-2-5-9-17)14-18(21)15-22-23-19-10-6-3-7-11-19/h2-14,22-23H,15-16H2,1H3. The van der Waals surface area contributed by atoms with Crippen LogP contribution in [0.4, 0.5) is 5.69 Å². The molecule has 3 rings (SSSR count). The minimum Gasteiger partial charge on any atom is -0.496 e. The third-order valence-electron chi connectivity index (χ3n) is 3.79. The number of para-hydroxylation sites is 1. The van der Waals surface area contributed by atoms with Crippen LogP contribution in [0.1, 0.15) is 11.1 Å². The summed E-state index contributed by atoms with van der Waals surface area (Å²) < 4.78 is 11.3. The monoisotopic (exact) mass is 334 g/mol. The normalized spacial score (nSPS) is 10.3. The molecular formula is C21H22N2O2. The van der Waals surface area contributed by atoms with Crippen molar-refractivity contribution in [3.05, 3.63) is 90.0 Å². The highest BCUT2D eigenvalue weighted by atomic mass is 16.5. The Kier molecular flexibility index (Phi) is 5.91. The van der Waals surface area contributed by atoms with Crippen LogP contribution in [-0.2, 0) is 13.2 Å². The van der Waals surface area contributed by atoms with Crippen LogP contribution >= 0.6 is 0 Å². The van der Waals surface area contributed by atoms with Gasteiger partial charge >= 0.3 is 0 Å². The van der Waals surface area contributed by atoms with Gasteiger partial charge in [-0.25, -0.2) is 5.43 Å². The Bertz CT molecular complexity index is 776. The second-order valence-corrected chi connectivity index (χ2v) is 5.59. The van der Waals surface area contributed by atoms with Crippen LogP contribution in [0.3, 0.4) is 0 Å². The molecule has 0 atom stereocenters. The van der Waals surface area contributed by atoms with E-state index in [1.54, 1.807) is 7.11 Å². The van der Waals surface area contributed by atoms with E-state index in [9.17, 15) is 0 Å². The summed E-state index contributed by atoms with van der Waals surface area (Å²) in [6, 6.07) is 26.0. The van der Waals surface area contributed by atoms with E-state index in [2.05, 4.69) is 23.0 Å². The summed E-state index contributed by atoms with van der Waals surface area (Å²) in [5, 5.41) is 0. The number of nitrogens with one attached hydrogen (secondary N) is 2. The van der Waals surface area contributed by atoms with Crippen LogP contribution in [0.25, 0.3) is 0 Å². The Morgan fingerprint density at radius 3 is 2.28 bits per heavy atom. The molecule has 0 saturated carbocycles. The van der Waals surface area contributed by atoms with Gasteiger partial charge in [-0.2, -0.15) is 0 Å². The zero-order valence-electron chi connectivity index (χ0n) is 14.2. The first-order valence-electron chi connectivity index (χ1n) is 8.23. The lowest BCUT2D eigenvalue weighted by atomic mass is 10.2. The molecule has 0 heterocycles. The Morgan fingerprint density at radius 1 is 0.840 bits per heavy atom. The highest BCUT2D eigenvalue weighted by Gasteiger charge is 2.06. The van der Waals surface area contributed by atoms with E-state index in [0.717, 1.165) is 28.3 Å². The zero-order chi connectivity index (χ0) is 17.3. The molecule has 4 heteroatoms. The smallest absolute Gasteiger partial charge is 0.123 e. The van der Waals surface area contributed by atoms with Crippen molar-refractivity contribution in [1.29, 1.82) is 0 Å². The molecule has 25 heavy (non-hydrogen) atoms. The molecule has 0 saturated heterocycles. The molecule has 2 N–H and O–H groups in total. The van der Waals surface area contributed by atoms with E-state index in [-0.39, 0.29) is 0 Å². The number of hydrogen-bond acceptors (Lipinski definition) is 4. The lowest BCUT2D eigenvalue weighted by molar-refractivity contribution is 0.305. The minimum absolute atomic E-state index is 0.544. The SMILES string of the molecule is COc1ccc(OCc2ccccc2)cc1CNNc1ccccc1. The van der Waals surface area contributed by atoms with E-state index in [4.69, 9.17) is 9.47 Å².